The second kappa shape index (κ2) is 8.29. The van der Waals surface area contributed by atoms with Crippen molar-refractivity contribution in [2.45, 2.75) is 19.8 Å². The zero-order chi connectivity index (χ0) is 23.0. The fourth-order valence-corrected chi connectivity index (χ4v) is 4.62. The van der Waals surface area contributed by atoms with E-state index in [1.54, 1.807) is 44.2 Å². The van der Waals surface area contributed by atoms with E-state index in [1.807, 2.05) is 17.6 Å². The predicted octanol–water partition coefficient (Wildman–Crippen LogP) is 1.67. The number of carbonyl (C=O) groups is 4. The summed E-state index contributed by atoms with van der Waals surface area (Å²) < 4.78 is 0.777. The van der Waals surface area contributed by atoms with Crippen LogP contribution in [0.25, 0.3) is 10.2 Å². The average molecular weight is 450 g/mol. The number of carbonyl (C=O) groups excluding carboxylic acids is 4. The van der Waals surface area contributed by atoms with Crippen LogP contribution in [0.2, 0.25) is 0 Å². The normalized spacial score (nSPS) is 17.8. The number of ketones is 1. The van der Waals surface area contributed by atoms with Crippen LogP contribution in [-0.2, 0) is 14.4 Å². The Morgan fingerprint density at radius 3 is 2.41 bits per heavy atom. The second-order valence-electron chi connectivity index (χ2n) is 7.09. The van der Waals surface area contributed by atoms with Crippen molar-refractivity contribution in [3.8, 4) is 0 Å². The molecule has 2 aromatic carbocycles. The number of hydrazine groups is 1. The van der Waals surface area contributed by atoms with Gasteiger partial charge in [0, 0.05) is 0 Å². The number of thiazole rings is 1. The second-order valence-corrected chi connectivity index (χ2v) is 8.15. The van der Waals surface area contributed by atoms with Gasteiger partial charge in [-0.05, 0) is 37.1 Å². The van der Waals surface area contributed by atoms with Crippen molar-refractivity contribution in [3.63, 3.8) is 0 Å². The molecule has 0 bridgehead atoms. The maximum Gasteiger partial charge on any atom is 0.349 e. The van der Waals surface area contributed by atoms with E-state index >= 15 is 0 Å². The lowest BCUT2D eigenvalue weighted by molar-refractivity contribution is -0.139. The number of hydrazone groups is 1. The molecule has 1 fully saturated rings. The van der Waals surface area contributed by atoms with Crippen molar-refractivity contribution in [2.75, 3.05) is 4.90 Å². The number of aromatic nitrogens is 1. The number of nitrogens with two attached hydrogens (primary N) is 1. The van der Waals surface area contributed by atoms with Gasteiger partial charge >= 0.3 is 11.9 Å². The van der Waals surface area contributed by atoms with Crippen LogP contribution >= 0.6 is 11.3 Å². The highest BCUT2D eigenvalue weighted by molar-refractivity contribution is 7.19. The summed E-state index contributed by atoms with van der Waals surface area (Å²) in [5.41, 5.74) is 5.75. The van der Waals surface area contributed by atoms with Gasteiger partial charge in [-0.25, -0.2) is 25.9 Å². The Morgan fingerprint density at radius 1 is 1.06 bits per heavy atom. The molecule has 3 aromatic rings. The smallest absolute Gasteiger partial charge is 0.287 e. The number of nitrogens with zero attached hydrogens (tertiary/aromatic N) is 3. The third kappa shape index (κ3) is 3.53. The lowest BCUT2D eigenvalue weighted by Crippen LogP contribution is -2.56. The van der Waals surface area contributed by atoms with E-state index < -0.39 is 29.5 Å². The van der Waals surface area contributed by atoms with E-state index in [9.17, 15) is 19.2 Å². The highest BCUT2D eigenvalue weighted by atomic mass is 32.1. The summed E-state index contributed by atoms with van der Waals surface area (Å²) in [5.74, 6) is 1.03. The third-order valence-electron chi connectivity index (χ3n) is 5.00. The summed E-state index contributed by atoms with van der Waals surface area (Å²) in [6.07, 6.45) is 0. The largest absolute Gasteiger partial charge is 0.349 e. The minimum Gasteiger partial charge on any atom is -0.287 e. The first-order valence-corrected chi connectivity index (χ1v) is 10.3. The number of hydrogen-bond acceptors (Lipinski definition) is 8. The Morgan fingerprint density at radius 2 is 1.75 bits per heavy atom. The van der Waals surface area contributed by atoms with Crippen molar-refractivity contribution >= 4 is 56.6 Å². The fourth-order valence-electron chi connectivity index (χ4n) is 3.55. The molecule has 4 N–H and O–H groups in total. The molecular weight excluding hydrogens is 432 g/mol. The number of nitrogens with one attached hydrogen (secondary N) is 2. The Kier molecular flexibility index (Phi) is 5.51. The maximum atomic E-state index is 13.5. The molecule has 162 valence electrons. The Hall–Kier alpha value is -3.96. The van der Waals surface area contributed by atoms with Crippen LogP contribution in [0.4, 0.5) is 10.5 Å². The molecule has 2 heterocycles. The van der Waals surface area contributed by atoms with E-state index in [1.165, 1.54) is 11.3 Å². The number of Topliss-reactive ketones (excluding diaryl/α,β-unsaturated/α-hetero) is 1. The molecule has 1 aliphatic rings. The highest BCUT2D eigenvalue weighted by Gasteiger charge is 2.49. The van der Waals surface area contributed by atoms with Gasteiger partial charge in [-0.3, -0.25) is 19.8 Å². The molecule has 0 saturated carbocycles. The summed E-state index contributed by atoms with van der Waals surface area (Å²) in [6, 6.07) is 11.5. The number of amides is 4. The van der Waals surface area contributed by atoms with Crippen LogP contribution in [0.15, 0.2) is 47.6 Å². The lowest BCUT2D eigenvalue weighted by atomic mass is 9.91. The number of fused-ring (bicyclic) bond motifs is 1. The molecule has 4 rings (SSSR count). The summed E-state index contributed by atoms with van der Waals surface area (Å²) in [7, 11) is 0. The molecule has 1 atom stereocenters. The van der Waals surface area contributed by atoms with Gasteiger partial charge in [0.2, 0.25) is 5.78 Å². The number of urea groups is 1. The molecule has 0 radical (unpaired) electrons. The number of imide groups is 1. The first kappa shape index (κ1) is 21.3. The molecule has 1 aromatic heterocycles. The molecular formula is C21H18N6O4S. The van der Waals surface area contributed by atoms with Crippen LogP contribution < -0.4 is 21.6 Å². The minimum atomic E-state index is -1.36. The van der Waals surface area contributed by atoms with E-state index in [0.717, 1.165) is 9.60 Å². The number of benzene rings is 2. The first-order valence-electron chi connectivity index (χ1n) is 9.52. The number of aryl methyl sites for hydroxylation is 2. The first-order chi connectivity index (χ1) is 15.3. The number of hydrogen-bond donors (Lipinski definition) is 3. The van der Waals surface area contributed by atoms with Crippen LogP contribution in [0.5, 0.6) is 0 Å². The highest BCUT2D eigenvalue weighted by Crippen LogP contribution is 2.35. The average Bonchev–Trinajstić information content (AvgIpc) is 3.20. The van der Waals surface area contributed by atoms with Crippen molar-refractivity contribution in [1.29, 1.82) is 0 Å². The van der Waals surface area contributed by atoms with Crippen molar-refractivity contribution in [3.05, 3.63) is 58.6 Å². The van der Waals surface area contributed by atoms with Gasteiger partial charge in [0.1, 0.15) is 16.6 Å². The van der Waals surface area contributed by atoms with Crippen molar-refractivity contribution < 1.29 is 19.2 Å². The van der Waals surface area contributed by atoms with Crippen molar-refractivity contribution in [1.82, 2.24) is 15.8 Å². The van der Waals surface area contributed by atoms with Crippen LogP contribution in [-0.4, -0.2) is 34.3 Å². The number of anilines is 1. The molecule has 10 nitrogen and oxygen atoms in total. The Balaban J connectivity index is 1.87. The molecule has 1 saturated heterocycles. The molecule has 32 heavy (non-hydrogen) atoms. The SMILES string of the molecule is Cc1cccc(C)c1N1C(=O)C(=O)[C@H](c2nc3ccccc3s2)/C(=N\NC(=O)NN)C1=O. The summed E-state index contributed by atoms with van der Waals surface area (Å²) in [4.78, 5) is 56.7. The van der Waals surface area contributed by atoms with Gasteiger partial charge < -0.3 is 0 Å². The Labute approximate surface area is 186 Å². The van der Waals surface area contributed by atoms with Gasteiger partial charge in [-0.1, -0.05) is 30.3 Å². The molecule has 1 aliphatic heterocycles. The predicted molar refractivity (Wildman–Crippen MR) is 119 cm³/mol. The van der Waals surface area contributed by atoms with E-state index in [0.29, 0.717) is 22.3 Å². The van der Waals surface area contributed by atoms with Gasteiger partial charge in [-0.2, -0.15) is 5.10 Å². The number of piperidine rings is 1. The van der Waals surface area contributed by atoms with Crippen LogP contribution in [0, 0.1) is 13.8 Å². The fraction of sp³-hybridized carbons (Fsp3) is 0.143. The zero-order valence-electron chi connectivity index (χ0n) is 17.1. The molecule has 0 unspecified atom stereocenters. The van der Waals surface area contributed by atoms with Gasteiger partial charge in [0.05, 0.1) is 15.9 Å². The topological polar surface area (TPSA) is 147 Å². The lowest BCUT2D eigenvalue weighted by Gasteiger charge is -2.30. The maximum absolute atomic E-state index is 13.5. The molecule has 0 aliphatic carbocycles. The van der Waals surface area contributed by atoms with E-state index in [-0.39, 0.29) is 10.7 Å². The van der Waals surface area contributed by atoms with Crippen LogP contribution in [0.3, 0.4) is 0 Å². The third-order valence-corrected chi connectivity index (χ3v) is 6.10. The molecule has 0 spiro atoms. The quantitative estimate of drug-likeness (QED) is 0.182. The summed E-state index contributed by atoms with van der Waals surface area (Å²) in [6.45, 7) is 3.45. The van der Waals surface area contributed by atoms with Gasteiger partial charge in [-0.15, -0.1) is 11.3 Å². The minimum absolute atomic E-state index is 0.229. The summed E-state index contributed by atoms with van der Waals surface area (Å²) >= 11 is 1.17. The van der Waals surface area contributed by atoms with Crippen LogP contribution in [0.1, 0.15) is 22.1 Å². The number of para-hydroxylation sites is 2. The Bertz CT molecular complexity index is 1260. The van der Waals surface area contributed by atoms with Gasteiger partial charge in [0.25, 0.3) is 5.91 Å². The van der Waals surface area contributed by atoms with Gasteiger partial charge in [0.15, 0.2) is 0 Å². The van der Waals surface area contributed by atoms with E-state index in [2.05, 4.69) is 15.5 Å². The monoisotopic (exact) mass is 450 g/mol. The number of rotatable bonds is 3. The van der Waals surface area contributed by atoms with Crippen molar-refractivity contribution in [2.24, 2.45) is 10.9 Å². The molecule has 4 amide bonds. The summed E-state index contributed by atoms with van der Waals surface area (Å²) in [5, 5.41) is 4.09. The van der Waals surface area contributed by atoms with E-state index in [4.69, 9.17) is 5.84 Å². The zero-order valence-corrected chi connectivity index (χ0v) is 17.9. The standard InChI is InChI=1S/C21H18N6O4S/c1-10-6-5-7-11(2)16(10)27-19(29)15(25-26-21(31)24-22)14(17(28)20(27)30)18-23-12-8-3-4-9-13(12)32-18/h3-9,14H,22H2,1-2H3,(H2,24,26,31)/b25-15+/t14-/m1/s1. The molecule has 11 heteroatoms.